The van der Waals surface area contributed by atoms with Gasteiger partial charge in [-0.2, -0.15) is 0 Å². The third kappa shape index (κ3) is 3.92. The molecule has 1 N–H and O–H groups in total. The standard InChI is InChI=1S/C17H21ClN4OS/c1-3-22-15(12-8-9-12)20-21-17(22)24-11(2)16(23)19-10-13-6-4-5-7-14(13)18/h4-7,11-12H,3,8-10H2,1-2H3,(H,19,23)/t11-/m1/s1. The Hall–Kier alpha value is -1.53. The van der Waals surface area contributed by atoms with E-state index in [2.05, 4.69) is 27.0 Å². The van der Waals surface area contributed by atoms with E-state index < -0.39 is 0 Å². The van der Waals surface area contributed by atoms with Gasteiger partial charge in [0.25, 0.3) is 0 Å². The lowest BCUT2D eigenvalue weighted by molar-refractivity contribution is -0.120. The number of halogens is 1. The summed E-state index contributed by atoms with van der Waals surface area (Å²) in [5.74, 6) is 1.58. The highest BCUT2D eigenvalue weighted by atomic mass is 35.5. The average Bonchev–Trinajstić information content (AvgIpc) is 3.35. The van der Waals surface area contributed by atoms with Crippen LogP contribution < -0.4 is 5.32 Å². The Balaban J connectivity index is 1.59. The second-order valence-corrected chi connectivity index (χ2v) is 7.64. The summed E-state index contributed by atoms with van der Waals surface area (Å²) in [7, 11) is 0. The molecule has 1 amide bonds. The summed E-state index contributed by atoms with van der Waals surface area (Å²) in [5, 5.41) is 12.8. The highest BCUT2D eigenvalue weighted by Crippen LogP contribution is 2.40. The van der Waals surface area contributed by atoms with Crippen molar-refractivity contribution in [3.63, 3.8) is 0 Å². The van der Waals surface area contributed by atoms with Crippen molar-refractivity contribution in [2.45, 2.75) is 56.1 Å². The first-order valence-corrected chi connectivity index (χ1v) is 9.46. The van der Waals surface area contributed by atoms with Crippen molar-refractivity contribution >= 4 is 29.3 Å². The molecule has 1 fully saturated rings. The molecule has 0 unspecified atom stereocenters. The molecule has 1 heterocycles. The third-order valence-electron chi connectivity index (χ3n) is 4.07. The summed E-state index contributed by atoms with van der Waals surface area (Å²) in [4.78, 5) is 12.4. The quantitative estimate of drug-likeness (QED) is 0.762. The van der Waals surface area contributed by atoms with Crippen LogP contribution in [0.3, 0.4) is 0 Å². The highest BCUT2D eigenvalue weighted by Gasteiger charge is 2.30. The fraction of sp³-hybridized carbons (Fsp3) is 0.471. The van der Waals surface area contributed by atoms with Gasteiger partial charge in [-0.15, -0.1) is 10.2 Å². The Bertz CT molecular complexity index is 729. The second kappa shape index (κ2) is 7.57. The predicted molar refractivity (Wildman–Crippen MR) is 96.3 cm³/mol. The monoisotopic (exact) mass is 364 g/mol. The summed E-state index contributed by atoms with van der Waals surface area (Å²) in [6.07, 6.45) is 2.38. The molecule has 0 aliphatic heterocycles. The van der Waals surface area contributed by atoms with Gasteiger partial charge in [0.15, 0.2) is 5.16 Å². The van der Waals surface area contributed by atoms with Crippen LogP contribution in [0.25, 0.3) is 0 Å². The topological polar surface area (TPSA) is 59.8 Å². The molecule has 1 aliphatic rings. The maximum atomic E-state index is 12.4. The maximum Gasteiger partial charge on any atom is 0.233 e. The molecule has 3 rings (SSSR count). The van der Waals surface area contributed by atoms with Crippen molar-refractivity contribution in [3.05, 3.63) is 40.7 Å². The Morgan fingerprint density at radius 3 is 2.83 bits per heavy atom. The van der Waals surface area contributed by atoms with Gasteiger partial charge < -0.3 is 9.88 Å². The Kier molecular flexibility index (Phi) is 5.46. The van der Waals surface area contributed by atoms with E-state index >= 15 is 0 Å². The number of nitrogens with zero attached hydrogens (tertiary/aromatic N) is 3. The number of nitrogens with one attached hydrogen (secondary N) is 1. The van der Waals surface area contributed by atoms with Crippen molar-refractivity contribution in [1.82, 2.24) is 20.1 Å². The molecule has 5 nitrogen and oxygen atoms in total. The number of hydrogen-bond donors (Lipinski definition) is 1. The predicted octanol–water partition coefficient (Wildman–Crippen LogP) is 3.63. The van der Waals surface area contributed by atoms with Gasteiger partial charge in [-0.1, -0.05) is 41.6 Å². The smallest absolute Gasteiger partial charge is 0.233 e. The first-order valence-electron chi connectivity index (χ1n) is 8.21. The van der Waals surface area contributed by atoms with Crippen molar-refractivity contribution < 1.29 is 4.79 Å². The van der Waals surface area contributed by atoms with E-state index in [4.69, 9.17) is 11.6 Å². The zero-order valence-electron chi connectivity index (χ0n) is 13.8. The number of hydrogen-bond acceptors (Lipinski definition) is 4. The van der Waals surface area contributed by atoms with E-state index in [1.54, 1.807) is 0 Å². The van der Waals surface area contributed by atoms with Crippen LogP contribution in [0.1, 0.15) is 44.0 Å². The molecule has 0 saturated heterocycles. The Morgan fingerprint density at radius 1 is 1.42 bits per heavy atom. The average molecular weight is 365 g/mol. The minimum Gasteiger partial charge on any atom is -0.351 e. The van der Waals surface area contributed by atoms with Gasteiger partial charge in [0, 0.05) is 24.0 Å². The van der Waals surface area contributed by atoms with Crippen LogP contribution in [0.2, 0.25) is 5.02 Å². The summed E-state index contributed by atoms with van der Waals surface area (Å²) in [6.45, 7) is 5.23. The molecule has 1 aromatic carbocycles. The van der Waals surface area contributed by atoms with Gasteiger partial charge in [0.1, 0.15) is 5.82 Å². The van der Waals surface area contributed by atoms with Gasteiger partial charge in [0.2, 0.25) is 5.91 Å². The normalized spacial score (nSPS) is 15.3. The SMILES string of the molecule is CCn1c(S[C@H](C)C(=O)NCc2ccccc2Cl)nnc1C1CC1. The molecule has 128 valence electrons. The molecular formula is C17H21ClN4OS. The van der Waals surface area contributed by atoms with Crippen molar-refractivity contribution in [1.29, 1.82) is 0 Å². The molecule has 24 heavy (non-hydrogen) atoms. The minimum atomic E-state index is -0.242. The number of carbonyl (C=O) groups excluding carboxylic acids is 1. The van der Waals surface area contributed by atoms with E-state index in [1.165, 1.54) is 24.6 Å². The maximum absolute atomic E-state index is 12.4. The number of rotatable bonds is 7. The summed E-state index contributed by atoms with van der Waals surface area (Å²) in [6, 6.07) is 7.52. The Morgan fingerprint density at radius 2 is 2.17 bits per heavy atom. The summed E-state index contributed by atoms with van der Waals surface area (Å²) in [5.41, 5.74) is 0.914. The van der Waals surface area contributed by atoms with E-state index in [1.807, 2.05) is 31.2 Å². The molecule has 1 saturated carbocycles. The first-order chi connectivity index (χ1) is 11.6. The van der Waals surface area contributed by atoms with E-state index in [0.29, 0.717) is 17.5 Å². The highest BCUT2D eigenvalue weighted by molar-refractivity contribution is 8.00. The number of thioether (sulfide) groups is 1. The fourth-order valence-electron chi connectivity index (χ4n) is 2.51. The number of benzene rings is 1. The molecule has 0 spiro atoms. The van der Waals surface area contributed by atoms with Crippen LogP contribution in [-0.4, -0.2) is 25.9 Å². The van der Waals surface area contributed by atoms with Crippen LogP contribution in [0, 0.1) is 0 Å². The van der Waals surface area contributed by atoms with E-state index in [-0.39, 0.29) is 11.2 Å². The molecule has 0 radical (unpaired) electrons. The van der Waals surface area contributed by atoms with Gasteiger partial charge in [-0.25, -0.2) is 0 Å². The number of amides is 1. The molecule has 7 heteroatoms. The first kappa shape index (κ1) is 17.3. The lowest BCUT2D eigenvalue weighted by Crippen LogP contribution is -2.30. The van der Waals surface area contributed by atoms with Crippen LogP contribution in [0.5, 0.6) is 0 Å². The van der Waals surface area contributed by atoms with Crippen LogP contribution >= 0.6 is 23.4 Å². The van der Waals surface area contributed by atoms with Crippen molar-refractivity contribution in [2.75, 3.05) is 0 Å². The summed E-state index contributed by atoms with van der Waals surface area (Å²) < 4.78 is 2.13. The van der Waals surface area contributed by atoms with Crippen LogP contribution in [0.4, 0.5) is 0 Å². The van der Waals surface area contributed by atoms with Gasteiger partial charge >= 0.3 is 0 Å². The van der Waals surface area contributed by atoms with E-state index in [0.717, 1.165) is 23.1 Å². The largest absolute Gasteiger partial charge is 0.351 e. The van der Waals surface area contributed by atoms with Crippen LogP contribution in [0.15, 0.2) is 29.4 Å². The molecule has 0 bridgehead atoms. The summed E-state index contributed by atoms with van der Waals surface area (Å²) >= 11 is 7.57. The number of carbonyl (C=O) groups is 1. The van der Waals surface area contributed by atoms with Crippen molar-refractivity contribution in [3.8, 4) is 0 Å². The number of aromatic nitrogens is 3. The molecular weight excluding hydrogens is 344 g/mol. The molecule has 1 aromatic heterocycles. The zero-order valence-corrected chi connectivity index (χ0v) is 15.4. The van der Waals surface area contributed by atoms with E-state index in [9.17, 15) is 4.79 Å². The zero-order chi connectivity index (χ0) is 17.1. The van der Waals surface area contributed by atoms with Gasteiger partial charge in [-0.05, 0) is 38.3 Å². The third-order valence-corrected chi connectivity index (χ3v) is 5.52. The second-order valence-electron chi connectivity index (χ2n) is 5.93. The fourth-order valence-corrected chi connectivity index (χ4v) is 3.65. The lowest BCUT2D eigenvalue weighted by atomic mass is 10.2. The van der Waals surface area contributed by atoms with Gasteiger partial charge in [-0.3, -0.25) is 4.79 Å². The minimum absolute atomic E-state index is 0.0291. The van der Waals surface area contributed by atoms with Crippen LogP contribution in [-0.2, 0) is 17.9 Å². The Labute approximate surface area is 151 Å². The molecule has 1 aliphatic carbocycles. The lowest BCUT2D eigenvalue weighted by Gasteiger charge is -2.13. The molecule has 1 atom stereocenters. The molecule has 2 aromatic rings. The van der Waals surface area contributed by atoms with Crippen molar-refractivity contribution in [2.24, 2.45) is 0 Å². The van der Waals surface area contributed by atoms with Gasteiger partial charge in [0.05, 0.1) is 5.25 Å².